The van der Waals surface area contributed by atoms with Crippen molar-refractivity contribution in [3.63, 3.8) is 0 Å². The molecule has 2 aromatic carbocycles. The molecule has 106 valence electrons. The van der Waals surface area contributed by atoms with Gasteiger partial charge in [0.25, 0.3) is 0 Å². The van der Waals surface area contributed by atoms with Crippen LogP contribution in [-0.2, 0) is 6.42 Å². The fourth-order valence-electron chi connectivity index (χ4n) is 2.21. The molecule has 0 aliphatic heterocycles. The van der Waals surface area contributed by atoms with Gasteiger partial charge in [-0.15, -0.1) is 0 Å². The summed E-state index contributed by atoms with van der Waals surface area (Å²) in [6, 6.07) is 14.9. The van der Waals surface area contributed by atoms with Crippen molar-refractivity contribution in [1.82, 2.24) is 0 Å². The van der Waals surface area contributed by atoms with Gasteiger partial charge in [-0.05, 0) is 70.3 Å². The van der Waals surface area contributed by atoms with E-state index in [2.05, 4.69) is 81.8 Å². The van der Waals surface area contributed by atoms with Crippen LogP contribution >= 0.6 is 38.5 Å². The van der Waals surface area contributed by atoms with Crippen LogP contribution in [0.5, 0.6) is 0 Å². The molecule has 1 atom stereocenters. The number of rotatable bonds is 5. The van der Waals surface area contributed by atoms with Gasteiger partial charge in [0.2, 0.25) is 0 Å². The number of unbranched alkanes of at least 4 members (excludes halogenated alkanes) is 1. The molecule has 0 spiro atoms. The molecule has 0 bridgehead atoms. The van der Waals surface area contributed by atoms with Crippen molar-refractivity contribution in [3.05, 3.63) is 67.2 Å². The smallest absolute Gasteiger partial charge is 0.0562 e. The third-order valence-corrected chi connectivity index (χ3v) is 4.93. The zero-order valence-corrected chi connectivity index (χ0v) is 15.3. The van der Waals surface area contributed by atoms with Gasteiger partial charge in [-0.3, -0.25) is 0 Å². The summed E-state index contributed by atoms with van der Waals surface area (Å²) in [6.07, 6.45) is 3.63. The maximum Gasteiger partial charge on any atom is 0.0562 e. The minimum atomic E-state index is -0.0698. The van der Waals surface area contributed by atoms with E-state index in [1.54, 1.807) is 0 Å². The summed E-state index contributed by atoms with van der Waals surface area (Å²) in [6.45, 7) is 2.22. The first-order valence-electron chi connectivity index (χ1n) is 6.91. The van der Waals surface area contributed by atoms with E-state index < -0.39 is 0 Å². The van der Waals surface area contributed by atoms with Crippen molar-refractivity contribution in [3.8, 4) is 0 Å². The fourth-order valence-corrected chi connectivity index (χ4v) is 3.25. The van der Waals surface area contributed by atoms with Gasteiger partial charge in [0.1, 0.15) is 0 Å². The van der Waals surface area contributed by atoms with Crippen molar-refractivity contribution >= 4 is 38.5 Å². The van der Waals surface area contributed by atoms with Crippen LogP contribution in [0.3, 0.4) is 0 Å². The van der Waals surface area contributed by atoms with Crippen LogP contribution in [0.15, 0.2) is 46.9 Å². The second-order valence-electron chi connectivity index (χ2n) is 4.99. The van der Waals surface area contributed by atoms with Crippen LogP contribution in [0, 0.1) is 3.57 Å². The van der Waals surface area contributed by atoms with E-state index in [0.717, 1.165) is 10.9 Å². The number of benzene rings is 2. The van der Waals surface area contributed by atoms with Gasteiger partial charge in [0.15, 0.2) is 0 Å². The Morgan fingerprint density at radius 3 is 2.50 bits per heavy atom. The van der Waals surface area contributed by atoms with Crippen molar-refractivity contribution < 1.29 is 0 Å². The van der Waals surface area contributed by atoms with Gasteiger partial charge in [-0.2, -0.15) is 0 Å². The van der Waals surface area contributed by atoms with E-state index in [1.165, 1.54) is 33.1 Å². The molecule has 0 amide bonds. The fraction of sp³-hybridized carbons (Fsp3) is 0.294. The highest BCUT2D eigenvalue weighted by Gasteiger charge is 2.12. The average molecular weight is 444 g/mol. The quantitative estimate of drug-likeness (QED) is 0.611. The SMILES string of the molecule is CCCCc1ccc(C(N)c2cc(Br)ccc2I)cc1. The van der Waals surface area contributed by atoms with Crippen molar-refractivity contribution in [2.24, 2.45) is 5.73 Å². The molecule has 2 N–H and O–H groups in total. The number of hydrogen-bond acceptors (Lipinski definition) is 1. The lowest BCUT2D eigenvalue weighted by Crippen LogP contribution is -2.13. The number of halogens is 2. The van der Waals surface area contributed by atoms with Gasteiger partial charge in [-0.25, -0.2) is 0 Å². The Kier molecular flexibility index (Phi) is 6.05. The molecule has 0 aliphatic rings. The van der Waals surface area contributed by atoms with Crippen LogP contribution in [0.1, 0.15) is 42.5 Å². The van der Waals surface area contributed by atoms with Gasteiger partial charge in [0.05, 0.1) is 6.04 Å². The molecule has 1 nitrogen and oxygen atoms in total. The summed E-state index contributed by atoms with van der Waals surface area (Å²) < 4.78 is 2.27. The molecule has 0 aromatic heterocycles. The Hall–Kier alpha value is -0.390. The molecular weight excluding hydrogens is 425 g/mol. The van der Waals surface area contributed by atoms with Crippen molar-refractivity contribution in [1.29, 1.82) is 0 Å². The predicted octanol–water partition coefficient (Wildman–Crippen LogP) is 5.44. The highest BCUT2D eigenvalue weighted by atomic mass is 127. The summed E-state index contributed by atoms with van der Waals surface area (Å²) in [7, 11) is 0. The standard InChI is InChI=1S/C17H19BrIN/c1-2-3-4-12-5-7-13(8-6-12)17(20)15-11-14(18)9-10-16(15)19/h5-11,17H,2-4,20H2,1H3. The first kappa shape index (κ1) is 16.0. The predicted molar refractivity (Wildman–Crippen MR) is 97.9 cm³/mol. The number of hydrogen-bond donors (Lipinski definition) is 1. The molecular formula is C17H19BrIN. The summed E-state index contributed by atoms with van der Waals surface area (Å²) in [5.74, 6) is 0. The molecule has 0 aliphatic carbocycles. The molecule has 0 saturated heterocycles. The Labute approximate surface area is 143 Å². The maximum atomic E-state index is 6.41. The van der Waals surface area contributed by atoms with Crippen LogP contribution in [0.2, 0.25) is 0 Å². The molecule has 0 heterocycles. The third-order valence-electron chi connectivity index (χ3n) is 3.45. The highest BCUT2D eigenvalue weighted by molar-refractivity contribution is 14.1. The molecule has 20 heavy (non-hydrogen) atoms. The van der Waals surface area contributed by atoms with Crippen molar-refractivity contribution in [2.45, 2.75) is 32.2 Å². The van der Waals surface area contributed by atoms with E-state index in [9.17, 15) is 0 Å². The molecule has 2 aromatic rings. The normalized spacial score (nSPS) is 12.4. The largest absolute Gasteiger partial charge is 0.320 e. The minimum absolute atomic E-state index is 0.0698. The molecule has 0 radical (unpaired) electrons. The van der Waals surface area contributed by atoms with E-state index >= 15 is 0 Å². The third kappa shape index (κ3) is 4.06. The summed E-state index contributed by atoms with van der Waals surface area (Å²) in [4.78, 5) is 0. The lowest BCUT2D eigenvalue weighted by molar-refractivity contribution is 0.793. The second-order valence-corrected chi connectivity index (χ2v) is 7.07. The van der Waals surface area contributed by atoms with Gasteiger partial charge in [0, 0.05) is 8.04 Å². The molecule has 2 rings (SSSR count). The molecule has 1 unspecified atom stereocenters. The monoisotopic (exact) mass is 443 g/mol. The Morgan fingerprint density at radius 2 is 1.85 bits per heavy atom. The van der Waals surface area contributed by atoms with E-state index in [0.29, 0.717) is 0 Å². The summed E-state index contributed by atoms with van der Waals surface area (Å²) >= 11 is 5.86. The van der Waals surface area contributed by atoms with Gasteiger partial charge < -0.3 is 5.73 Å². The van der Waals surface area contributed by atoms with Crippen LogP contribution in [0.4, 0.5) is 0 Å². The molecule has 0 fully saturated rings. The first-order chi connectivity index (χ1) is 9.61. The Balaban J connectivity index is 2.20. The zero-order valence-electron chi connectivity index (χ0n) is 11.6. The van der Waals surface area contributed by atoms with E-state index in [4.69, 9.17) is 5.73 Å². The second kappa shape index (κ2) is 7.57. The Bertz CT molecular complexity index is 566. The van der Waals surface area contributed by atoms with E-state index in [1.807, 2.05) is 6.07 Å². The summed E-state index contributed by atoms with van der Waals surface area (Å²) in [5.41, 5.74) is 10.1. The zero-order chi connectivity index (χ0) is 14.5. The van der Waals surface area contributed by atoms with Crippen LogP contribution in [-0.4, -0.2) is 0 Å². The van der Waals surface area contributed by atoms with Crippen LogP contribution in [0.25, 0.3) is 0 Å². The minimum Gasteiger partial charge on any atom is -0.320 e. The highest BCUT2D eigenvalue weighted by Crippen LogP contribution is 2.27. The Morgan fingerprint density at radius 1 is 1.15 bits per heavy atom. The van der Waals surface area contributed by atoms with Crippen LogP contribution < -0.4 is 5.73 Å². The van der Waals surface area contributed by atoms with E-state index in [-0.39, 0.29) is 6.04 Å². The summed E-state index contributed by atoms with van der Waals surface area (Å²) in [5, 5.41) is 0. The topological polar surface area (TPSA) is 26.0 Å². The maximum absolute atomic E-state index is 6.41. The lowest BCUT2D eigenvalue weighted by atomic mass is 9.97. The molecule has 3 heteroatoms. The number of aryl methyl sites for hydroxylation is 1. The van der Waals surface area contributed by atoms with Gasteiger partial charge >= 0.3 is 0 Å². The first-order valence-corrected chi connectivity index (χ1v) is 8.78. The number of nitrogens with two attached hydrogens (primary N) is 1. The molecule has 0 saturated carbocycles. The van der Waals surface area contributed by atoms with Crippen molar-refractivity contribution in [2.75, 3.05) is 0 Å². The lowest BCUT2D eigenvalue weighted by Gasteiger charge is -2.15. The van der Waals surface area contributed by atoms with Gasteiger partial charge in [-0.1, -0.05) is 53.5 Å². The average Bonchev–Trinajstić information content (AvgIpc) is 2.47.